The van der Waals surface area contributed by atoms with Gasteiger partial charge in [0, 0.05) is 27.5 Å². The molecule has 11 heteroatoms. The number of hydrogen-bond acceptors (Lipinski definition) is 7. The van der Waals surface area contributed by atoms with Crippen molar-refractivity contribution in [3.63, 3.8) is 0 Å². The molecule has 1 heterocycles. The first-order valence-electron chi connectivity index (χ1n) is 4.48. The second-order valence-corrected chi connectivity index (χ2v) is 7.34. The molecular formula is C7H12ClN2O6PS. The van der Waals surface area contributed by atoms with Crippen LogP contribution in [0.3, 0.4) is 0 Å². The van der Waals surface area contributed by atoms with Crippen molar-refractivity contribution in [2.75, 3.05) is 20.5 Å². The number of phosphoric acid groups is 1. The molecule has 1 aromatic heterocycles. The number of hydrogen-bond donors (Lipinski definition) is 0. The molecule has 0 atom stereocenters. The number of halogens is 1. The van der Waals surface area contributed by atoms with E-state index in [9.17, 15) is 13.0 Å². The molecule has 0 saturated heterocycles. The van der Waals surface area contributed by atoms with Gasteiger partial charge < -0.3 is 4.52 Å². The zero-order valence-electron chi connectivity index (χ0n) is 10.1. The molecule has 0 radical (unpaired) electrons. The Bertz CT molecular complexity index is 589. The number of aromatic nitrogens is 2. The van der Waals surface area contributed by atoms with E-state index in [1.54, 1.807) is 0 Å². The number of sulfone groups is 1. The molecular weight excluding hydrogens is 307 g/mol. The SMILES string of the molecule is COP(=O)(OC)Oc1nn(C)c(S(C)(=O)=O)c1Cl. The van der Waals surface area contributed by atoms with Crippen LogP contribution in [0.1, 0.15) is 0 Å². The minimum atomic E-state index is -3.84. The number of rotatable bonds is 5. The number of nitrogens with zero attached hydrogens (tertiary/aromatic N) is 2. The van der Waals surface area contributed by atoms with Crippen LogP contribution in [0, 0.1) is 0 Å². The maximum atomic E-state index is 11.7. The van der Waals surface area contributed by atoms with E-state index in [4.69, 9.17) is 16.1 Å². The predicted molar refractivity (Wildman–Crippen MR) is 63.6 cm³/mol. The predicted octanol–water partition coefficient (Wildman–Crippen LogP) is 1.26. The molecule has 0 aliphatic rings. The number of aryl methyl sites for hydroxylation is 1. The average Bonchev–Trinajstić information content (AvgIpc) is 2.53. The largest absolute Gasteiger partial charge is 0.530 e. The zero-order chi connectivity index (χ0) is 14.1. The Morgan fingerprint density at radius 1 is 1.33 bits per heavy atom. The maximum Gasteiger partial charge on any atom is 0.530 e. The molecule has 0 unspecified atom stereocenters. The summed E-state index contributed by atoms with van der Waals surface area (Å²) in [6.45, 7) is 0. The van der Waals surface area contributed by atoms with Crippen molar-refractivity contribution < 1.29 is 26.6 Å². The Morgan fingerprint density at radius 2 is 1.83 bits per heavy atom. The molecule has 0 N–H and O–H groups in total. The van der Waals surface area contributed by atoms with Gasteiger partial charge in [-0.25, -0.2) is 13.0 Å². The lowest BCUT2D eigenvalue weighted by Gasteiger charge is -2.11. The molecule has 0 fully saturated rings. The van der Waals surface area contributed by atoms with E-state index in [1.165, 1.54) is 7.05 Å². The van der Waals surface area contributed by atoms with Crippen molar-refractivity contribution >= 4 is 29.3 Å². The Hall–Kier alpha value is -0.600. The van der Waals surface area contributed by atoms with Crippen molar-refractivity contribution in [1.82, 2.24) is 9.78 Å². The molecule has 0 bridgehead atoms. The van der Waals surface area contributed by atoms with Crippen LogP contribution in [-0.2, 0) is 30.5 Å². The van der Waals surface area contributed by atoms with E-state index < -0.39 is 17.7 Å². The molecule has 0 aliphatic carbocycles. The standard InChI is InChI=1S/C7H12ClN2O6PS/c1-10-7(18(4,12)13)5(8)6(9-10)16-17(11,14-2)15-3/h1-4H3. The van der Waals surface area contributed by atoms with Crippen LogP contribution < -0.4 is 4.52 Å². The van der Waals surface area contributed by atoms with Crippen molar-refractivity contribution in [1.29, 1.82) is 0 Å². The van der Waals surface area contributed by atoms with Crippen molar-refractivity contribution in [2.45, 2.75) is 5.03 Å². The summed E-state index contributed by atoms with van der Waals surface area (Å²) in [6.07, 6.45) is 0.964. The van der Waals surface area contributed by atoms with Crippen molar-refractivity contribution in [3.8, 4) is 5.88 Å². The molecule has 0 spiro atoms. The van der Waals surface area contributed by atoms with Crippen LogP contribution in [0.15, 0.2) is 5.03 Å². The van der Waals surface area contributed by atoms with E-state index in [0.717, 1.165) is 25.2 Å². The molecule has 0 saturated carbocycles. The molecule has 18 heavy (non-hydrogen) atoms. The van der Waals surface area contributed by atoms with Gasteiger partial charge >= 0.3 is 7.82 Å². The highest BCUT2D eigenvalue weighted by Gasteiger charge is 2.31. The molecule has 0 amide bonds. The monoisotopic (exact) mass is 318 g/mol. The third-order valence-electron chi connectivity index (χ3n) is 1.91. The van der Waals surface area contributed by atoms with Crippen LogP contribution >= 0.6 is 19.4 Å². The Labute approximate surface area is 109 Å². The summed E-state index contributed by atoms with van der Waals surface area (Å²) in [6, 6.07) is 0. The van der Waals surface area contributed by atoms with E-state index in [0.29, 0.717) is 0 Å². The lowest BCUT2D eigenvalue weighted by atomic mass is 10.7. The highest BCUT2D eigenvalue weighted by molar-refractivity contribution is 7.90. The first kappa shape index (κ1) is 15.5. The molecule has 104 valence electrons. The fourth-order valence-corrected chi connectivity index (χ4v) is 3.42. The Morgan fingerprint density at radius 3 is 2.17 bits per heavy atom. The van der Waals surface area contributed by atoms with Gasteiger partial charge in [0.15, 0.2) is 14.9 Å². The van der Waals surface area contributed by atoms with Gasteiger partial charge in [-0.3, -0.25) is 13.7 Å². The van der Waals surface area contributed by atoms with Crippen LogP contribution in [0.25, 0.3) is 0 Å². The van der Waals surface area contributed by atoms with E-state index in [-0.39, 0.29) is 15.9 Å². The van der Waals surface area contributed by atoms with Gasteiger partial charge in [-0.2, -0.15) is 0 Å². The molecule has 8 nitrogen and oxygen atoms in total. The average molecular weight is 319 g/mol. The summed E-state index contributed by atoms with van der Waals surface area (Å²) in [5, 5.41) is 3.17. The van der Waals surface area contributed by atoms with Gasteiger partial charge in [0.25, 0.3) is 5.88 Å². The fourth-order valence-electron chi connectivity index (χ4n) is 1.18. The zero-order valence-corrected chi connectivity index (χ0v) is 12.5. The summed E-state index contributed by atoms with van der Waals surface area (Å²) in [5.41, 5.74) is 0. The maximum absolute atomic E-state index is 11.7. The fraction of sp³-hybridized carbons (Fsp3) is 0.571. The smallest absolute Gasteiger partial charge is 0.382 e. The van der Waals surface area contributed by atoms with Gasteiger partial charge in [-0.05, 0) is 0 Å². The topological polar surface area (TPSA) is 96.7 Å². The second-order valence-electron chi connectivity index (χ2n) is 3.22. The summed E-state index contributed by atoms with van der Waals surface area (Å²) in [7, 11) is -3.86. The quantitative estimate of drug-likeness (QED) is 0.754. The Balaban J connectivity index is 3.27. The van der Waals surface area contributed by atoms with Crippen LogP contribution in [0.4, 0.5) is 0 Å². The third-order valence-corrected chi connectivity index (χ3v) is 4.82. The van der Waals surface area contributed by atoms with Gasteiger partial charge in [-0.1, -0.05) is 11.6 Å². The number of phosphoric ester groups is 1. The Kier molecular flexibility index (Phi) is 4.45. The highest BCUT2D eigenvalue weighted by atomic mass is 35.5. The lowest BCUT2D eigenvalue weighted by molar-refractivity contribution is 0.208. The van der Waals surface area contributed by atoms with Gasteiger partial charge in [0.05, 0.1) is 0 Å². The minimum absolute atomic E-state index is 0.252. The van der Waals surface area contributed by atoms with Crippen LogP contribution in [-0.4, -0.2) is 38.7 Å². The van der Waals surface area contributed by atoms with E-state index in [2.05, 4.69) is 14.1 Å². The minimum Gasteiger partial charge on any atom is -0.382 e. The summed E-state index contributed by atoms with van der Waals surface area (Å²) in [5.74, 6) is -0.341. The first-order valence-corrected chi connectivity index (χ1v) is 8.21. The normalized spacial score (nSPS) is 12.7. The summed E-state index contributed by atoms with van der Waals surface area (Å²) in [4.78, 5) is 0. The van der Waals surface area contributed by atoms with Gasteiger partial charge in [-0.15, -0.1) is 5.10 Å². The molecule has 0 aromatic carbocycles. The van der Waals surface area contributed by atoms with Gasteiger partial charge in [0.1, 0.15) is 5.02 Å². The van der Waals surface area contributed by atoms with E-state index in [1.807, 2.05) is 0 Å². The molecule has 1 rings (SSSR count). The molecule has 1 aromatic rings. The summed E-state index contributed by atoms with van der Waals surface area (Å²) >= 11 is 5.81. The van der Waals surface area contributed by atoms with Gasteiger partial charge in [0.2, 0.25) is 0 Å². The van der Waals surface area contributed by atoms with Crippen molar-refractivity contribution in [3.05, 3.63) is 5.02 Å². The molecule has 0 aliphatic heterocycles. The second kappa shape index (κ2) is 5.18. The van der Waals surface area contributed by atoms with Crippen LogP contribution in [0.5, 0.6) is 5.88 Å². The summed E-state index contributed by atoms with van der Waals surface area (Å²) < 4.78 is 49.6. The lowest BCUT2D eigenvalue weighted by Crippen LogP contribution is -2.05. The highest BCUT2D eigenvalue weighted by Crippen LogP contribution is 2.49. The van der Waals surface area contributed by atoms with E-state index >= 15 is 0 Å². The van der Waals surface area contributed by atoms with Crippen LogP contribution in [0.2, 0.25) is 5.02 Å². The third kappa shape index (κ3) is 3.04. The van der Waals surface area contributed by atoms with Crippen molar-refractivity contribution in [2.24, 2.45) is 7.05 Å². The first-order chi connectivity index (χ1) is 8.14.